The standard InChI is InChI=1S/C14H26N2O3/c1-4-10(2)9-15-13(19)16-14(12(17)18)8-6-5-7-11(14)3/h10-11H,4-9H2,1-3H3,(H,17,18)(H2,15,16,19). The molecular weight excluding hydrogens is 244 g/mol. The lowest BCUT2D eigenvalue weighted by molar-refractivity contribution is -0.148. The summed E-state index contributed by atoms with van der Waals surface area (Å²) in [5, 5.41) is 15.0. The van der Waals surface area contributed by atoms with Crippen LogP contribution >= 0.6 is 0 Å². The van der Waals surface area contributed by atoms with Gasteiger partial charge in [-0.05, 0) is 24.7 Å². The molecule has 110 valence electrons. The predicted octanol–water partition coefficient (Wildman–Crippen LogP) is 2.37. The van der Waals surface area contributed by atoms with Crippen LogP contribution in [0.15, 0.2) is 0 Å². The second kappa shape index (κ2) is 6.78. The molecule has 19 heavy (non-hydrogen) atoms. The van der Waals surface area contributed by atoms with E-state index in [-0.39, 0.29) is 11.9 Å². The molecule has 3 atom stereocenters. The van der Waals surface area contributed by atoms with Gasteiger partial charge in [0.1, 0.15) is 5.54 Å². The Morgan fingerprint density at radius 2 is 2.11 bits per heavy atom. The first-order valence-corrected chi connectivity index (χ1v) is 7.21. The van der Waals surface area contributed by atoms with Gasteiger partial charge in [-0.2, -0.15) is 0 Å². The molecule has 0 aromatic rings. The summed E-state index contributed by atoms with van der Waals surface area (Å²) in [6, 6.07) is -0.364. The van der Waals surface area contributed by atoms with E-state index in [1.54, 1.807) is 0 Å². The summed E-state index contributed by atoms with van der Waals surface area (Å²) in [5.74, 6) is -0.554. The lowest BCUT2D eigenvalue weighted by Gasteiger charge is -2.39. The number of carboxylic acids is 1. The average Bonchev–Trinajstić information content (AvgIpc) is 2.38. The largest absolute Gasteiger partial charge is 0.479 e. The van der Waals surface area contributed by atoms with Crippen molar-refractivity contribution >= 4 is 12.0 Å². The summed E-state index contributed by atoms with van der Waals surface area (Å²) in [7, 11) is 0. The second-order valence-corrected chi connectivity index (χ2v) is 5.77. The normalized spacial score (nSPS) is 28.5. The molecular formula is C14H26N2O3. The van der Waals surface area contributed by atoms with Crippen molar-refractivity contribution in [1.29, 1.82) is 0 Å². The van der Waals surface area contributed by atoms with Gasteiger partial charge in [0.25, 0.3) is 0 Å². The molecule has 0 saturated heterocycles. The van der Waals surface area contributed by atoms with E-state index in [1.807, 2.05) is 6.92 Å². The van der Waals surface area contributed by atoms with Gasteiger partial charge >= 0.3 is 12.0 Å². The molecule has 1 aliphatic rings. The summed E-state index contributed by atoms with van der Waals surface area (Å²) in [6.45, 7) is 6.59. The van der Waals surface area contributed by atoms with Crippen molar-refractivity contribution < 1.29 is 14.7 Å². The number of hydrogen-bond donors (Lipinski definition) is 3. The Hall–Kier alpha value is -1.26. The fraction of sp³-hybridized carbons (Fsp3) is 0.857. The maximum atomic E-state index is 11.9. The summed E-state index contributed by atoms with van der Waals surface area (Å²) < 4.78 is 0. The Kier molecular flexibility index (Phi) is 5.63. The maximum absolute atomic E-state index is 11.9. The first-order chi connectivity index (χ1) is 8.92. The summed E-state index contributed by atoms with van der Waals surface area (Å²) in [5.41, 5.74) is -1.10. The monoisotopic (exact) mass is 270 g/mol. The van der Waals surface area contributed by atoms with Crippen molar-refractivity contribution in [3.63, 3.8) is 0 Å². The third-order valence-corrected chi connectivity index (χ3v) is 4.33. The molecule has 1 saturated carbocycles. The minimum atomic E-state index is -1.10. The highest BCUT2D eigenvalue weighted by Gasteiger charge is 2.46. The van der Waals surface area contributed by atoms with Crippen LogP contribution in [0.3, 0.4) is 0 Å². The molecule has 0 aromatic carbocycles. The zero-order valence-corrected chi connectivity index (χ0v) is 12.2. The molecule has 1 rings (SSSR count). The van der Waals surface area contributed by atoms with Gasteiger partial charge in [-0.3, -0.25) is 0 Å². The van der Waals surface area contributed by atoms with Crippen molar-refractivity contribution in [3.05, 3.63) is 0 Å². The minimum Gasteiger partial charge on any atom is -0.479 e. The van der Waals surface area contributed by atoms with Gasteiger partial charge in [-0.25, -0.2) is 9.59 Å². The number of carbonyl (C=O) groups is 2. The number of aliphatic carboxylic acids is 1. The van der Waals surface area contributed by atoms with Gasteiger partial charge in [0.05, 0.1) is 0 Å². The van der Waals surface area contributed by atoms with Crippen LogP contribution in [0.1, 0.15) is 52.9 Å². The van der Waals surface area contributed by atoms with Crippen molar-refractivity contribution in [2.24, 2.45) is 11.8 Å². The lowest BCUT2D eigenvalue weighted by Crippen LogP contribution is -2.62. The van der Waals surface area contributed by atoms with Gasteiger partial charge < -0.3 is 15.7 Å². The van der Waals surface area contributed by atoms with Crippen LogP contribution in [-0.2, 0) is 4.79 Å². The highest BCUT2D eigenvalue weighted by atomic mass is 16.4. The van der Waals surface area contributed by atoms with Crippen molar-refractivity contribution in [1.82, 2.24) is 10.6 Å². The van der Waals surface area contributed by atoms with E-state index in [0.717, 1.165) is 25.7 Å². The lowest BCUT2D eigenvalue weighted by atomic mass is 9.73. The molecule has 0 aromatic heterocycles. The number of carbonyl (C=O) groups excluding carboxylic acids is 1. The quantitative estimate of drug-likeness (QED) is 0.717. The highest BCUT2D eigenvalue weighted by Crippen LogP contribution is 2.33. The average molecular weight is 270 g/mol. The van der Waals surface area contributed by atoms with E-state index in [0.29, 0.717) is 18.9 Å². The fourth-order valence-corrected chi connectivity index (χ4v) is 2.56. The van der Waals surface area contributed by atoms with Gasteiger partial charge in [0.15, 0.2) is 0 Å². The van der Waals surface area contributed by atoms with Gasteiger partial charge in [-0.15, -0.1) is 0 Å². The summed E-state index contributed by atoms with van der Waals surface area (Å²) in [6.07, 6.45) is 4.23. The van der Waals surface area contributed by atoms with E-state index >= 15 is 0 Å². The summed E-state index contributed by atoms with van der Waals surface area (Å²) in [4.78, 5) is 23.5. The molecule has 1 fully saturated rings. The first-order valence-electron chi connectivity index (χ1n) is 7.21. The van der Waals surface area contributed by atoms with Gasteiger partial charge in [0, 0.05) is 6.54 Å². The SMILES string of the molecule is CCC(C)CNC(=O)NC1(C(=O)O)CCCCC1C. The molecule has 0 radical (unpaired) electrons. The smallest absolute Gasteiger partial charge is 0.329 e. The molecule has 1 aliphatic carbocycles. The van der Waals surface area contributed by atoms with E-state index < -0.39 is 11.5 Å². The van der Waals surface area contributed by atoms with E-state index in [4.69, 9.17) is 0 Å². The van der Waals surface area contributed by atoms with Gasteiger partial charge in [0.2, 0.25) is 0 Å². The molecule has 0 bridgehead atoms. The number of rotatable bonds is 5. The molecule has 2 amide bonds. The van der Waals surface area contributed by atoms with Crippen molar-refractivity contribution in [2.45, 2.75) is 58.4 Å². The van der Waals surface area contributed by atoms with Crippen LogP contribution < -0.4 is 10.6 Å². The van der Waals surface area contributed by atoms with Crippen LogP contribution in [0.25, 0.3) is 0 Å². The topological polar surface area (TPSA) is 78.4 Å². The van der Waals surface area contributed by atoms with E-state index in [2.05, 4.69) is 24.5 Å². The van der Waals surface area contributed by atoms with Gasteiger partial charge in [-0.1, -0.05) is 40.0 Å². The Morgan fingerprint density at radius 3 is 2.63 bits per heavy atom. The zero-order chi connectivity index (χ0) is 14.5. The maximum Gasteiger partial charge on any atom is 0.329 e. The van der Waals surface area contributed by atoms with E-state index in [9.17, 15) is 14.7 Å². The fourth-order valence-electron chi connectivity index (χ4n) is 2.56. The third-order valence-electron chi connectivity index (χ3n) is 4.33. The number of amides is 2. The van der Waals surface area contributed by atoms with Crippen LogP contribution in [0, 0.1) is 11.8 Å². The van der Waals surface area contributed by atoms with Crippen LogP contribution in [0.5, 0.6) is 0 Å². The molecule has 5 nitrogen and oxygen atoms in total. The van der Waals surface area contributed by atoms with Crippen molar-refractivity contribution in [2.75, 3.05) is 6.54 Å². The molecule has 0 aliphatic heterocycles. The first kappa shape index (κ1) is 15.8. The number of nitrogens with one attached hydrogen (secondary N) is 2. The molecule has 3 unspecified atom stereocenters. The number of urea groups is 1. The molecule has 5 heteroatoms. The Labute approximate surface area is 115 Å². The predicted molar refractivity (Wildman–Crippen MR) is 74.0 cm³/mol. The minimum absolute atomic E-state index is 0.0342. The third kappa shape index (κ3) is 3.85. The Balaban J connectivity index is 2.63. The molecule has 0 spiro atoms. The van der Waals surface area contributed by atoms with Crippen LogP contribution in [-0.4, -0.2) is 29.2 Å². The second-order valence-electron chi connectivity index (χ2n) is 5.77. The number of carboxylic acid groups (broad SMARTS) is 1. The van der Waals surface area contributed by atoms with Crippen LogP contribution in [0.2, 0.25) is 0 Å². The molecule has 0 heterocycles. The summed E-state index contributed by atoms with van der Waals surface area (Å²) >= 11 is 0. The van der Waals surface area contributed by atoms with Crippen LogP contribution in [0.4, 0.5) is 4.79 Å². The van der Waals surface area contributed by atoms with E-state index in [1.165, 1.54) is 0 Å². The zero-order valence-electron chi connectivity index (χ0n) is 12.2. The number of hydrogen-bond acceptors (Lipinski definition) is 2. The highest BCUT2D eigenvalue weighted by molar-refractivity contribution is 5.86. The Bertz CT molecular complexity index is 333. The molecule has 3 N–H and O–H groups in total. The van der Waals surface area contributed by atoms with Crippen molar-refractivity contribution in [3.8, 4) is 0 Å². The Morgan fingerprint density at radius 1 is 1.42 bits per heavy atom.